The van der Waals surface area contributed by atoms with E-state index >= 15 is 0 Å². The highest BCUT2D eigenvalue weighted by Crippen LogP contribution is 2.39. The number of aryl methyl sites for hydroxylation is 1. The number of hydrogen-bond acceptors (Lipinski definition) is 5. The number of carbonyl (C=O) groups excluding carboxylic acids is 1. The Morgan fingerprint density at radius 1 is 1.42 bits per heavy atom. The maximum absolute atomic E-state index is 12.7. The largest absolute Gasteiger partial charge is 0.485 e. The van der Waals surface area contributed by atoms with Gasteiger partial charge < -0.3 is 14.1 Å². The summed E-state index contributed by atoms with van der Waals surface area (Å²) in [6.07, 6.45) is 0.593. The van der Waals surface area contributed by atoms with Crippen LogP contribution >= 0.6 is 11.6 Å². The maximum Gasteiger partial charge on any atom is 0.227 e. The lowest BCUT2D eigenvalue weighted by Crippen LogP contribution is -2.42. The lowest BCUT2D eigenvalue weighted by molar-refractivity contribution is -0.119. The van der Waals surface area contributed by atoms with Crippen LogP contribution in [0, 0.1) is 0 Å². The number of anilines is 1. The number of halogens is 1. The molecular formula is C17H20ClN3O3. The normalized spacial score (nSPS) is 16.9. The molecule has 3 rings (SSSR count). The van der Waals surface area contributed by atoms with Gasteiger partial charge in [-0.15, -0.1) is 10.2 Å². The molecule has 1 aromatic carbocycles. The zero-order valence-corrected chi connectivity index (χ0v) is 14.7. The van der Waals surface area contributed by atoms with Gasteiger partial charge in [0.2, 0.25) is 17.7 Å². The third kappa shape index (κ3) is 3.38. The summed E-state index contributed by atoms with van der Waals surface area (Å²) in [5, 5.41) is 8.49. The third-order valence-corrected chi connectivity index (χ3v) is 4.12. The highest BCUT2D eigenvalue weighted by Gasteiger charge is 2.29. The molecule has 0 saturated heterocycles. The van der Waals surface area contributed by atoms with Crippen LogP contribution in [0.3, 0.4) is 0 Å². The summed E-state index contributed by atoms with van der Waals surface area (Å²) in [5.74, 6) is 1.80. The SMILES string of the molecule is CC1CN(C(=O)CCc2nnc(C(C)C)o2)c2cccc(Cl)c2O1. The molecule has 0 N–H and O–H groups in total. The first-order valence-corrected chi connectivity index (χ1v) is 8.41. The van der Waals surface area contributed by atoms with Gasteiger partial charge in [0, 0.05) is 18.8 Å². The second-order valence-electron chi connectivity index (χ2n) is 6.21. The summed E-state index contributed by atoms with van der Waals surface area (Å²) in [5.41, 5.74) is 0.707. The van der Waals surface area contributed by atoms with E-state index in [1.165, 1.54) is 0 Å². The molecule has 0 radical (unpaired) electrons. The maximum atomic E-state index is 12.7. The summed E-state index contributed by atoms with van der Waals surface area (Å²) in [6.45, 7) is 6.38. The van der Waals surface area contributed by atoms with E-state index in [0.717, 1.165) is 0 Å². The van der Waals surface area contributed by atoms with Crippen LogP contribution in [0.15, 0.2) is 22.6 Å². The Bertz CT molecular complexity index is 744. The highest BCUT2D eigenvalue weighted by molar-refractivity contribution is 6.32. The van der Waals surface area contributed by atoms with E-state index in [-0.39, 0.29) is 17.9 Å². The summed E-state index contributed by atoms with van der Waals surface area (Å²) in [6, 6.07) is 5.41. The number of para-hydroxylation sites is 1. The minimum Gasteiger partial charge on any atom is -0.485 e. The standard InChI is InChI=1S/C17H20ClN3O3/c1-10(2)17-20-19-14(24-17)7-8-15(22)21-9-11(3)23-16-12(18)5-4-6-13(16)21/h4-6,10-11H,7-9H2,1-3H3. The van der Waals surface area contributed by atoms with Crippen LogP contribution in [-0.2, 0) is 11.2 Å². The van der Waals surface area contributed by atoms with Crippen molar-refractivity contribution >= 4 is 23.2 Å². The van der Waals surface area contributed by atoms with Gasteiger partial charge >= 0.3 is 0 Å². The number of ether oxygens (including phenoxy) is 1. The molecule has 0 bridgehead atoms. The van der Waals surface area contributed by atoms with E-state index in [0.29, 0.717) is 47.6 Å². The molecule has 6 nitrogen and oxygen atoms in total. The molecule has 1 aliphatic heterocycles. The molecular weight excluding hydrogens is 330 g/mol. The van der Waals surface area contributed by atoms with Gasteiger partial charge in [-0.05, 0) is 19.1 Å². The third-order valence-electron chi connectivity index (χ3n) is 3.83. The van der Waals surface area contributed by atoms with Crippen molar-refractivity contribution in [1.29, 1.82) is 0 Å². The number of amides is 1. The lowest BCUT2D eigenvalue weighted by Gasteiger charge is -2.33. The van der Waals surface area contributed by atoms with Crippen molar-refractivity contribution in [2.45, 2.75) is 45.6 Å². The molecule has 0 spiro atoms. The summed E-state index contributed by atoms with van der Waals surface area (Å²) >= 11 is 6.19. The molecule has 1 aromatic heterocycles. The first-order valence-electron chi connectivity index (χ1n) is 8.03. The van der Waals surface area contributed by atoms with Crippen molar-refractivity contribution in [2.75, 3.05) is 11.4 Å². The topological polar surface area (TPSA) is 68.5 Å². The Kier molecular flexibility index (Phi) is 4.76. The average molecular weight is 350 g/mol. The first-order chi connectivity index (χ1) is 11.5. The fourth-order valence-corrected chi connectivity index (χ4v) is 2.82. The van der Waals surface area contributed by atoms with Gasteiger partial charge in [-0.1, -0.05) is 31.5 Å². The Morgan fingerprint density at radius 3 is 2.92 bits per heavy atom. The van der Waals surface area contributed by atoms with Crippen LogP contribution in [-0.4, -0.2) is 28.8 Å². The Labute approximate surface area is 145 Å². The number of benzene rings is 1. The van der Waals surface area contributed by atoms with Crippen LogP contribution < -0.4 is 9.64 Å². The number of fused-ring (bicyclic) bond motifs is 1. The van der Waals surface area contributed by atoms with Crippen LogP contribution in [0.25, 0.3) is 0 Å². The van der Waals surface area contributed by atoms with Crippen LogP contribution in [0.2, 0.25) is 5.02 Å². The second kappa shape index (κ2) is 6.81. The van der Waals surface area contributed by atoms with Gasteiger partial charge in [-0.2, -0.15) is 0 Å². The van der Waals surface area contributed by atoms with Crippen molar-refractivity contribution in [3.05, 3.63) is 35.0 Å². The fraction of sp³-hybridized carbons (Fsp3) is 0.471. The zero-order chi connectivity index (χ0) is 17.3. The Hall–Kier alpha value is -2.08. The molecule has 2 heterocycles. The molecule has 1 atom stereocenters. The number of carbonyl (C=O) groups is 1. The fourth-order valence-electron chi connectivity index (χ4n) is 2.61. The van der Waals surface area contributed by atoms with Gasteiger partial charge in [0.05, 0.1) is 17.3 Å². The number of hydrogen-bond donors (Lipinski definition) is 0. The van der Waals surface area contributed by atoms with Gasteiger partial charge in [-0.3, -0.25) is 4.79 Å². The average Bonchev–Trinajstić information content (AvgIpc) is 3.02. The number of nitrogens with zero attached hydrogens (tertiary/aromatic N) is 3. The van der Waals surface area contributed by atoms with E-state index in [1.807, 2.05) is 32.9 Å². The molecule has 128 valence electrons. The molecule has 0 fully saturated rings. The Balaban J connectivity index is 1.72. The molecule has 0 aliphatic carbocycles. The highest BCUT2D eigenvalue weighted by atomic mass is 35.5. The van der Waals surface area contributed by atoms with Crippen molar-refractivity contribution in [2.24, 2.45) is 0 Å². The smallest absolute Gasteiger partial charge is 0.227 e. The lowest BCUT2D eigenvalue weighted by atomic mass is 10.1. The van der Waals surface area contributed by atoms with Crippen LogP contribution in [0.5, 0.6) is 5.75 Å². The van der Waals surface area contributed by atoms with E-state index in [4.69, 9.17) is 20.8 Å². The number of rotatable bonds is 4. The second-order valence-corrected chi connectivity index (χ2v) is 6.62. The van der Waals surface area contributed by atoms with E-state index in [9.17, 15) is 4.79 Å². The summed E-state index contributed by atoms with van der Waals surface area (Å²) < 4.78 is 11.3. The zero-order valence-electron chi connectivity index (χ0n) is 14.0. The van der Waals surface area contributed by atoms with Crippen LogP contribution in [0.1, 0.15) is 44.9 Å². The van der Waals surface area contributed by atoms with Crippen molar-refractivity contribution in [3.8, 4) is 5.75 Å². The predicted molar refractivity (Wildman–Crippen MR) is 90.6 cm³/mol. The minimum atomic E-state index is -0.114. The molecule has 24 heavy (non-hydrogen) atoms. The molecule has 1 amide bonds. The van der Waals surface area contributed by atoms with Gasteiger partial charge in [0.1, 0.15) is 6.10 Å². The number of aromatic nitrogens is 2. The van der Waals surface area contributed by atoms with Crippen molar-refractivity contribution in [1.82, 2.24) is 10.2 Å². The molecule has 1 aliphatic rings. The van der Waals surface area contributed by atoms with Gasteiger partial charge in [0.25, 0.3) is 0 Å². The van der Waals surface area contributed by atoms with Gasteiger partial charge in [0.15, 0.2) is 5.75 Å². The molecule has 1 unspecified atom stereocenters. The molecule has 0 saturated carbocycles. The Morgan fingerprint density at radius 2 is 2.21 bits per heavy atom. The van der Waals surface area contributed by atoms with E-state index in [1.54, 1.807) is 11.0 Å². The summed E-state index contributed by atoms with van der Waals surface area (Å²) in [7, 11) is 0. The van der Waals surface area contributed by atoms with Crippen LogP contribution in [0.4, 0.5) is 5.69 Å². The molecule has 7 heteroatoms. The van der Waals surface area contributed by atoms with Crippen molar-refractivity contribution in [3.63, 3.8) is 0 Å². The van der Waals surface area contributed by atoms with Crippen molar-refractivity contribution < 1.29 is 13.9 Å². The van der Waals surface area contributed by atoms with E-state index in [2.05, 4.69) is 10.2 Å². The predicted octanol–water partition coefficient (Wildman–Crippen LogP) is 3.59. The minimum absolute atomic E-state index is 0.0158. The quantitative estimate of drug-likeness (QED) is 0.843. The first kappa shape index (κ1) is 16.8. The van der Waals surface area contributed by atoms with Gasteiger partial charge in [-0.25, -0.2) is 0 Å². The van der Waals surface area contributed by atoms with E-state index < -0.39 is 0 Å². The molecule has 2 aromatic rings. The monoisotopic (exact) mass is 349 g/mol. The summed E-state index contributed by atoms with van der Waals surface area (Å²) in [4.78, 5) is 14.4.